The second-order valence-electron chi connectivity index (χ2n) is 6.73. The van der Waals surface area contributed by atoms with Gasteiger partial charge in [0.2, 0.25) is 11.8 Å². The monoisotopic (exact) mass is 414 g/mol. The molecule has 0 aliphatic heterocycles. The molecule has 0 saturated heterocycles. The summed E-state index contributed by atoms with van der Waals surface area (Å²) in [6.07, 6.45) is 1.58. The zero-order valence-corrected chi connectivity index (χ0v) is 17.0. The predicted molar refractivity (Wildman–Crippen MR) is 114 cm³/mol. The van der Waals surface area contributed by atoms with Crippen molar-refractivity contribution >= 4 is 24.0 Å². The second-order valence-corrected chi connectivity index (χ2v) is 6.73. The van der Waals surface area contributed by atoms with E-state index in [4.69, 9.17) is 20.6 Å². The van der Waals surface area contributed by atoms with Crippen LogP contribution in [0, 0.1) is 5.92 Å². The fourth-order valence-corrected chi connectivity index (χ4v) is 3.25. The highest BCUT2D eigenvalue weighted by molar-refractivity contribution is 5.85. The Morgan fingerprint density at radius 2 is 1.97 bits per heavy atom. The molecule has 2 unspecified atom stereocenters. The van der Waals surface area contributed by atoms with Crippen LogP contribution >= 0.6 is 12.4 Å². The molecule has 0 saturated carbocycles. The van der Waals surface area contributed by atoms with Gasteiger partial charge >= 0.3 is 0 Å². The molecule has 3 heterocycles. The van der Waals surface area contributed by atoms with Gasteiger partial charge in [0.1, 0.15) is 0 Å². The van der Waals surface area contributed by atoms with Crippen LogP contribution in [0.3, 0.4) is 0 Å². The molecule has 0 fully saturated rings. The van der Waals surface area contributed by atoms with Crippen LogP contribution in [0.2, 0.25) is 0 Å². The lowest BCUT2D eigenvalue weighted by Crippen LogP contribution is -2.23. The third-order valence-corrected chi connectivity index (χ3v) is 4.73. The molecule has 3 aromatic heterocycles. The number of nitrogen functional groups attached to an aromatic ring is 1. The Hall–Kier alpha value is -2.94. The van der Waals surface area contributed by atoms with E-state index in [-0.39, 0.29) is 30.3 Å². The van der Waals surface area contributed by atoms with Crippen LogP contribution in [-0.4, -0.2) is 33.3 Å². The molecular weight excluding hydrogens is 392 g/mol. The molecule has 0 aliphatic rings. The Morgan fingerprint density at radius 3 is 2.69 bits per heavy atom. The zero-order valence-electron chi connectivity index (χ0n) is 16.1. The van der Waals surface area contributed by atoms with Gasteiger partial charge in [-0.3, -0.25) is 0 Å². The second kappa shape index (κ2) is 8.60. The highest BCUT2D eigenvalue weighted by Gasteiger charge is 2.20. The summed E-state index contributed by atoms with van der Waals surface area (Å²) in [4.78, 5) is 9.06. The van der Waals surface area contributed by atoms with Crippen LogP contribution < -0.4 is 11.5 Å². The maximum Gasteiger partial charge on any atom is 0.223 e. The molecule has 4 N–H and O–H groups in total. The number of rotatable bonds is 6. The van der Waals surface area contributed by atoms with Gasteiger partial charge in [-0.2, -0.15) is 4.52 Å². The highest BCUT2D eigenvalue weighted by atomic mass is 35.5. The van der Waals surface area contributed by atoms with E-state index < -0.39 is 0 Å². The standard InChI is InChI=1S/C20H22N6O2.ClH/c1-12(11-27-2)18(21)14-7-4-3-6-13(14)15-10-17-24-19(16-8-5-9-28-16)25-26(17)20(22)23-15;/h3-10,12,18H,11,21H2,1-2H3,(H2,22,23);1H. The van der Waals surface area contributed by atoms with Crippen LogP contribution in [0.25, 0.3) is 28.5 Å². The average molecular weight is 415 g/mol. The topological polar surface area (TPSA) is 117 Å². The van der Waals surface area contributed by atoms with Crippen molar-refractivity contribution in [3.8, 4) is 22.8 Å². The van der Waals surface area contributed by atoms with E-state index in [1.807, 2.05) is 30.3 Å². The Balaban J connectivity index is 0.00000240. The summed E-state index contributed by atoms with van der Waals surface area (Å²) in [6, 6.07) is 13.1. The van der Waals surface area contributed by atoms with Gasteiger partial charge in [0.05, 0.1) is 18.6 Å². The van der Waals surface area contributed by atoms with E-state index in [0.29, 0.717) is 29.5 Å². The number of ether oxygens (including phenoxy) is 1. The average Bonchev–Trinajstić information content (AvgIpc) is 3.37. The van der Waals surface area contributed by atoms with Gasteiger partial charge < -0.3 is 20.6 Å². The minimum absolute atomic E-state index is 0. The molecule has 4 rings (SSSR count). The van der Waals surface area contributed by atoms with E-state index in [9.17, 15) is 0 Å². The SMILES string of the molecule is COCC(C)C(N)c1ccccc1-c1cc2nc(-c3ccco3)nn2c(N)n1.Cl. The predicted octanol–water partition coefficient (Wildman–Crippen LogP) is 3.34. The van der Waals surface area contributed by atoms with E-state index in [2.05, 4.69) is 22.0 Å². The maximum absolute atomic E-state index is 6.50. The first-order chi connectivity index (χ1) is 13.6. The first-order valence-electron chi connectivity index (χ1n) is 8.99. The minimum Gasteiger partial charge on any atom is -0.461 e. The van der Waals surface area contributed by atoms with Gasteiger partial charge in [-0.15, -0.1) is 17.5 Å². The van der Waals surface area contributed by atoms with Crippen molar-refractivity contribution in [1.82, 2.24) is 19.6 Å². The Bertz CT molecular complexity index is 1100. The molecule has 0 amide bonds. The molecule has 0 aliphatic carbocycles. The first kappa shape index (κ1) is 20.8. The molecule has 8 nitrogen and oxygen atoms in total. The van der Waals surface area contributed by atoms with Crippen LogP contribution in [0.1, 0.15) is 18.5 Å². The van der Waals surface area contributed by atoms with Gasteiger partial charge in [0.25, 0.3) is 0 Å². The number of nitrogens with two attached hydrogens (primary N) is 2. The lowest BCUT2D eigenvalue weighted by Gasteiger charge is -2.22. The van der Waals surface area contributed by atoms with Crippen LogP contribution in [0.5, 0.6) is 0 Å². The molecule has 0 spiro atoms. The minimum atomic E-state index is -0.202. The van der Waals surface area contributed by atoms with Crippen molar-refractivity contribution in [3.63, 3.8) is 0 Å². The fraction of sp³-hybridized carbons (Fsp3) is 0.250. The Labute approximate surface area is 174 Å². The summed E-state index contributed by atoms with van der Waals surface area (Å²) in [5.74, 6) is 1.41. The number of benzene rings is 1. The van der Waals surface area contributed by atoms with Gasteiger partial charge in [-0.25, -0.2) is 9.97 Å². The molecule has 0 radical (unpaired) electrons. The fourth-order valence-electron chi connectivity index (χ4n) is 3.25. The smallest absolute Gasteiger partial charge is 0.223 e. The van der Waals surface area contributed by atoms with Crippen LogP contribution in [0.15, 0.2) is 53.1 Å². The largest absolute Gasteiger partial charge is 0.461 e. The molecule has 4 aromatic rings. The first-order valence-corrected chi connectivity index (χ1v) is 8.99. The molecule has 29 heavy (non-hydrogen) atoms. The lowest BCUT2D eigenvalue weighted by atomic mass is 9.91. The summed E-state index contributed by atoms with van der Waals surface area (Å²) in [7, 11) is 1.67. The molecule has 152 valence electrons. The Kier molecular flexibility index (Phi) is 6.17. The molecular formula is C20H23ClN6O2. The van der Waals surface area contributed by atoms with Crippen molar-refractivity contribution in [3.05, 3.63) is 54.3 Å². The summed E-state index contributed by atoms with van der Waals surface area (Å²) in [5, 5.41) is 4.38. The van der Waals surface area contributed by atoms with E-state index in [0.717, 1.165) is 11.1 Å². The Morgan fingerprint density at radius 1 is 1.17 bits per heavy atom. The maximum atomic E-state index is 6.50. The van der Waals surface area contributed by atoms with Crippen molar-refractivity contribution in [2.24, 2.45) is 11.7 Å². The third kappa shape index (κ3) is 3.95. The number of hydrogen-bond donors (Lipinski definition) is 2. The van der Waals surface area contributed by atoms with Crippen molar-refractivity contribution in [2.75, 3.05) is 19.5 Å². The van der Waals surface area contributed by atoms with E-state index >= 15 is 0 Å². The highest BCUT2D eigenvalue weighted by Crippen LogP contribution is 2.31. The van der Waals surface area contributed by atoms with Crippen molar-refractivity contribution < 1.29 is 9.15 Å². The number of methoxy groups -OCH3 is 1. The zero-order chi connectivity index (χ0) is 19.7. The van der Waals surface area contributed by atoms with Gasteiger partial charge in [0.15, 0.2) is 11.4 Å². The van der Waals surface area contributed by atoms with Crippen molar-refractivity contribution in [1.29, 1.82) is 0 Å². The number of nitrogens with zero attached hydrogens (tertiary/aromatic N) is 4. The molecule has 2 atom stereocenters. The lowest BCUT2D eigenvalue weighted by molar-refractivity contribution is 0.147. The molecule has 0 bridgehead atoms. The number of halogens is 1. The summed E-state index contributed by atoms with van der Waals surface area (Å²) in [5.41, 5.74) is 15.8. The number of aromatic nitrogens is 4. The molecule has 9 heteroatoms. The number of anilines is 1. The van der Waals surface area contributed by atoms with Crippen molar-refractivity contribution in [2.45, 2.75) is 13.0 Å². The number of hydrogen-bond acceptors (Lipinski definition) is 7. The van der Waals surface area contributed by atoms with Gasteiger partial charge in [-0.05, 0) is 23.6 Å². The van der Waals surface area contributed by atoms with Gasteiger partial charge in [0, 0.05) is 24.8 Å². The summed E-state index contributed by atoms with van der Waals surface area (Å²) >= 11 is 0. The summed E-state index contributed by atoms with van der Waals surface area (Å²) < 4.78 is 12.1. The quantitative estimate of drug-likeness (QED) is 0.496. The van der Waals surface area contributed by atoms with Crippen LogP contribution in [0.4, 0.5) is 5.95 Å². The van der Waals surface area contributed by atoms with E-state index in [1.54, 1.807) is 25.5 Å². The number of fused-ring (bicyclic) bond motifs is 1. The van der Waals surface area contributed by atoms with Crippen LogP contribution in [-0.2, 0) is 4.74 Å². The normalized spacial score (nSPS) is 13.2. The van der Waals surface area contributed by atoms with Gasteiger partial charge in [-0.1, -0.05) is 31.2 Å². The van der Waals surface area contributed by atoms with E-state index in [1.165, 1.54) is 4.52 Å². The third-order valence-electron chi connectivity index (χ3n) is 4.73. The summed E-state index contributed by atoms with van der Waals surface area (Å²) in [6.45, 7) is 2.63. The molecule has 1 aromatic carbocycles. The number of furan rings is 1.